The number of aryl methyl sites for hydroxylation is 1. The summed E-state index contributed by atoms with van der Waals surface area (Å²) in [6.07, 6.45) is 2.32. The molecule has 0 bridgehead atoms. The van der Waals surface area contributed by atoms with Gasteiger partial charge in [-0.3, -0.25) is 4.79 Å². The van der Waals surface area contributed by atoms with Gasteiger partial charge in [0.15, 0.2) is 5.78 Å². The molecule has 0 unspecified atom stereocenters. The number of ketones is 1. The Morgan fingerprint density at radius 3 is 2.89 bits per heavy atom. The Morgan fingerprint density at radius 1 is 1.47 bits per heavy atom. The third-order valence-corrected chi connectivity index (χ3v) is 3.86. The van der Waals surface area contributed by atoms with Gasteiger partial charge in [-0.1, -0.05) is 0 Å². The topological polar surface area (TPSA) is 34.0 Å². The van der Waals surface area contributed by atoms with Crippen LogP contribution in [0.3, 0.4) is 0 Å². The maximum Gasteiger partial charge on any atom is 0.179 e. The molecule has 1 aliphatic carbocycles. The lowest BCUT2D eigenvalue weighted by Gasteiger charge is -2.03. The molecule has 1 aromatic heterocycles. The van der Waals surface area contributed by atoms with Crippen LogP contribution in [0.4, 0.5) is 4.39 Å². The first kappa shape index (κ1) is 12.4. The largest absolute Gasteiger partial charge is 0.347 e. The summed E-state index contributed by atoms with van der Waals surface area (Å²) < 4.78 is 15.2. The van der Waals surface area contributed by atoms with Crippen molar-refractivity contribution in [2.45, 2.75) is 25.8 Å². The molecule has 2 aromatic rings. The van der Waals surface area contributed by atoms with Crippen molar-refractivity contribution in [1.29, 1.82) is 0 Å². The van der Waals surface area contributed by atoms with E-state index in [2.05, 4.69) is 5.32 Å². The molecule has 3 rings (SSSR count). The van der Waals surface area contributed by atoms with Gasteiger partial charge in [-0.25, -0.2) is 4.39 Å². The summed E-state index contributed by atoms with van der Waals surface area (Å²) >= 11 is 0. The molecule has 1 fully saturated rings. The second kappa shape index (κ2) is 4.46. The highest BCUT2D eigenvalue weighted by molar-refractivity contribution is 6.10. The molecule has 0 amide bonds. The van der Waals surface area contributed by atoms with Gasteiger partial charge in [0.1, 0.15) is 5.82 Å². The van der Waals surface area contributed by atoms with Gasteiger partial charge in [0, 0.05) is 29.7 Å². The van der Waals surface area contributed by atoms with Crippen molar-refractivity contribution in [3.63, 3.8) is 0 Å². The van der Waals surface area contributed by atoms with Gasteiger partial charge in [-0.2, -0.15) is 0 Å². The fraction of sp³-hybridized carbons (Fsp3) is 0.400. The number of nitrogens with one attached hydrogen (secondary N) is 1. The van der Waals surface area contributed by atoms with E-state index >= 15 is 0 Å². The molecule has 1 aromatic carbocycles. The van der Waals surface area contributed by atoms with Crippen LogP contribution in [0.5, 0.6) is 0 Å². The second-order valence-electron chi connectivity index (χ2n) is 5.26. The van der Waals surface area contributed by atoms with Crippen LogP contribution in [-0.2, 0) is 7.05 Å². The molecule has 19 heavy (non-hydrogen) atoms. The minimum Gasteiger partial charge on any atom is -0.347 e. The van der Waals surface area contributed by atoms with Crippen LogP contribution in [0.1, 0.15) is 28.9 Å². The van der Waals surface area contributed by atoms with E-state index in [9.17, 15) is 9.18 Å². The number of hydrogen-bond donors (Lipinski definition) is 1. The molecule has 1 aliphatic rings. The minimum atomic E-state index is -0.275. The van der Waals surface area contributed by atoms with E-state index in [-0.39, 0.29) is 11.6 Å². The number of benzene rings is 1. The standard InChI is InChI=1S/C15H17FN2O/c1-9-15(14(19)8-17-11-4-5-11)12-6-3-10(16)7-13(12)18(9)2/h3,6-7,11,17H,4-5,8H2,1-2H3. The first-order chi connectivity index (χ1) is 9.08. The highest BCUT2D eigenvalue weighted by Crippen LogP contribution is 2.26. The van der Waals surface area contributed by atoms with Gasteiger partial charge in [0.25, 0.3) is 0 Å². The molecular formula is C15H17FN2O. The van der Waals surface area contributed by atoms with E-state index < -0.39 is 0 Å². The number of Topliss-reactive ketones (excluding diaryl/α,β-unsaturated/α-hetero) is 1. The summed E-state index contributed by atoms with van der Waals surface area (Å²) in [5.74, 6) is -0.190. The molecular weight excluding hydrogens is 243 g/mol. The maximum atomic E-state index is 13.3. The molecule has 100 valence electrons. The zero-order valence-corrected chi connectivity index (χ0v) is 11.2. The first-order valence-corrected chi connectivity index (χ1v) is 6.59. The summed E-state index contributed by atoms with van der Waals surface area (Å²) in [4.78, 5) is 12.3. The van der Waals surface area contributed by atoms with Gasteiger partial charge in [-0.15, -0.1) is 0 Å². The Morgan fingerprint density at radius 2 is 2.21 bits per heavy atom. The Kier molecular flexibility index (Phi) is 2.90. The average molecular weight is 260 g/mol. The van der Waals surface area contributed by atoms with Crippen molar-refractivity contribution >= 4 is 16.7 Å². The van der Waals surface area contributed by atoms with E-state index in [1.54, 1.807) is 6.07 Å². The number of halogens is 1. The lowest BCUT2D eigenvalue weighted by Crippen LogP contribution is -2.25. The number of fused-ring (bicyclic) bond motifs is 1. The Labute approximate surface area is 111 Å². The Hall–Kier alpha value is -1.68. The summed E-state index contributed by atoms with van der Waals surface area (Å²) in [5.41, 5.74) is 2.38. The zero-order valence-electron chi connectivity index (χ0n) is 11.2. The van der Waals surface area contributed by atoms with Gasteiger partial charge < -0.3 is 9.88 Å². The maximum absolute atomic E-state index is 13.3. The van der Waals surface area contributed by atoms with Crippen molar-refractivity contribution in [3.05, 3.63) is 35.3 Å². The monoisotopic (exact) mass is 260 g/mol. The molecule has 1 saturated carbocycles. The normalized spacial score (nSPS) is 15.1. The molecule has 0 saturated heterocycles. The molecule has 3 nitrogen and oxygen atoms in total. The van der Waals surface area contributed by atoms with Crippen molar-refractivity contribution < 1.29 is 9.18 Å². The van der Waals surface area contributed by atoms with Crippen molar-refractivity contribution in [2.24, 2.45) is 7.05 Å². The van der Waals surface area contributed by atoms with Gasteiger partial charge >= 0.3 is 0 Å². The van der Waals surface area contributed by atoms with Crippen LogP contribution in [0.25, 0.3) is 10.9 Å². The lowest BCUT2D eigenvalue weighted by molar-refractivity contribution is 0.0991. The molecule has 0 aliphatic heterocycles. The summed E-state index contributed by atoms with van der Waals surface area (Å²) in [6, 6.07) is 5.10. The van der Waals surface area contributed by atoms with E-state index in [0.717, 1.165) is 29.4 Å². The van der Waals surface area contributed by atoms with Crippen LogP contribution in [0, 0.1) is 12.7 Å². The number of aromatic nitrogens is 1. The molecule has 0 atom stereocenters. The smallest absolute Gasteiger partial charge is 0.179 e. The van der Waals surface area contributed by atoms with E-state index in [0.29, 0.717) is 18.2 Å². The number of nitrogens with zero attached hydrogens (tertiary/aromatic N) is 1. The van der Waals surface area contributed by atoms with Crippen molar-refractivity contribution in [3.8, 4) is 0 Å². The average Bonchev–Trinajstić information content (AvgIpc) is 3.17. The molecule has 0 spiro atoms. The number of hydrogen-bond acceptors (Lipinski definition) is 2. The quantitative estimate of drug-likeness (QED) is 0.857. The molecule has 4 heteroatoms. The van der Waals surface area contributed by atoms with Crippen LogP contribution in [-0.4, -0.2) is 22.9 Å². The van der Waals surface area contributed by atoms with E-state index in [4.69, 9.17) is 0 Å². The van der Waals surface area contributed by atoms with Gasteiger partial charge in [-0.05, 0) is 38.0 Å². The Bertz CT molecular complexity index is 656. The highest BCUT2D eigenvalue weighted by Gasteiger charge is 2.23. The summed E-state index contributed by atoms with van der Waals surface area (Å²) in [5, 5.41) is 4.07. The summed E-state index contributed by atoms with van der Waals surface area (Å²) in [7, 11) is 1.86. The fourth-order valence-corrected chi connectivity index (χ4v) is 2.50. The molecule has 1 N–H and O–H groups in total. The van der Waals surface area contributed by atoms with E-state index in [1.807, 2.05) is 18.5 Å². The number of carbonyl (C=O) groups excluding carboxylic acids is 1. The first-order valence-electron chi connectivity index (χ1n) is 6.59. The van der Waals surface area contributed by atoms with Crippen LogP contribution < -0.4 is 5.32 Å². The minimum absolute atomic E-state index is 0.0848. The van der Waals surface area contributed by atoms with Crippen LogP contribution in [0.2, 0.25) is 0 Å². The van der Waals surface area contributed by atoms with Gasteiger partial charge in [0.2, 0.25) is 0 Å². The molecule has 1 heterocycles. The fourth-order valence-electron chi connectivity index (χ4n) is 2.50. The lowest BCUT2D eigenvalue weighted by atomic mass is 10.1. The van der Waals surface area contributed by atoms with Crippen molar-refractivity contribution in [1.82, 2.24) is 9.88 Å². The summed E-state index contributed by atoms with van der Waals surface area (Å²) in [6.45, 7) is 2.27. The second-order valence-corrected chi connectivity index (χ2v) is 5.26. The SMILES string of the molecule is Cc1c(C(=O)CNC2CC2)c2ccc(F)cc2n1C. The predicted octanol–water partition coefficient (Wildman–Crippen LogP) is 2.56. The van der Waals surface area contributed by atoms with Crippen LogP contribution >= 0.6 is 0 Å². The highest BCUT2D eigenvalue weighted by atomic mass is 19.1. The third-order valence-electron chi connectivity index (χ3n) is 3.86. The van der Waals surface area contributed by atoms with Crippen molar-refractivity contribution in [2.75, 3.05) is 6.54 Å². The molecule has 0 radical (unpaired) electrons. The van der Waals surface area contributed by atoms with E-state index in [1.165, 1.54) is 12.1 Å². The Balaban J connectivity index is 2.01. The van der Waals surface area contributed by atoms with Gasteiger partial charge in [0.05, 0.1) is 12.1 Å². The number of rotatable bonds is 4. The van der Waals surface area contributed by atoms with Crippen LogP contribution in [0.15, 0.2) is 18.2 Å². The zero-order chi connectivity index (χ0) is 13.6. The third kappa shape index (κ3) is 2.16. The number of carbonyl (C=O) groups is 1. The predicted molar refractivity (Wildman–Crippen MR) is 73.0 cm³/mol.